The Morgan fingerprint density at radius 1 is 0.214 bits per heavy atom. The zero-order valence-electron chi connectivity index (χ0n) is 23.2. The van der Waals surface area contributed by atoms with Crippen LogP contribution in [0, 0.1) is 0 Å². The van der Waals surface area contributed by atoms with E-state index in [0.29, 0.717) is 0 Å². The van der Waals surface area contributed by atoms with Gasteiger partial charge in [-0.1, -0.05) is 164 Å². The monoisotopic (exact) mass is 532 g/mol. The number of benzene rings is 8. The Hall–Kier alpha value is -5.46. The molecular formula is C42H28. The van der Waals surface area contributed by atoms with Crippen LogP contribution in [-0.2, 0) is 0 Å². The molecule has 8 aromatic carbocycles. The minimum absolute atomic E-state index is 1.22. The third-order valence-electron chi connectivity index (χ3n) is 8.47. The van der Waals surface area contributed by atoms with Gasteiger partial charge in [-0.15, -0.1) is 0 Å². The summed E-state index contributed by atoms with van der Waals surface area (Å²) in [6, 6.07) is 61.7. The molecule has 0 aromatic heterocycles. The van der Waals surface area contributed by atoms with E-state index in [0.717, 1.165) is 0 Å². The highest BCUT2D eigenvalue weighted by Crippen LogP contribution is 2.44. The summed E-state index contributed by atoms with van der Waals surface area (Å²) in [7, 11) is 0. The highest BCUT2D eigenvalue weighted by atomic mass is 14.2. The van der Waals surface area contributed by atoms with Gasteiger partial charge in [-0.2, -0.15) is 0 Å². The van der Waals surface area contributed by atoms with Gasteiger partial charge in [0.15, 0.2) is 0 Å². The van der Waals surface area contributed by atoms with Gasteiger partial charge < -0.3 is 0 Å². The highest BCUT2D eigenvalue weighted by molar-refractivity contribution is 6.21. The first-order chi connectivity index (χ1) is 20.8. The summed E-state index contributed by atoms with van der Waals surface area (Å²) in [5.74, 6) is 0. The Labute approximate surface area is 246 Å². The van der Waals surface area contributed by atoms with Crippen molar-refractivity contribution in [3.05, 3.63) is 170 Å². The Morgan fingerprint density at radius 2 is 0.571 bits per heavy atom. The van der Waals surface area contributed by atoms with Crippen LogP contribution in [0.2, 0.25) is 0 Å². The first-order valence-electron chi connectivity index (χ1n) is 14.5. The SMILES string of the molecule is c1ccc(-c2ccc(-c3ccc(-c4c5ccccc5c(-c5ccc6ccccc6c5)c5ccccc45)cc3)cc2)cc1. The molecule has 0 atom stereocenters. The van der Waals surface area contributed by atoms with Crippen LogP contribution in [0.15, 0.2) is 170 Å². The van der Waals surface area contributed by atoms with E-state index < -0.39 is 0 Å². The highest BCUT2D eigenvalue weighted by Gasteiger charge is 2.16. The molecule has 0 unspecified atom stereocenters. The minimum Gasteiger partial charge on any atom is -0.0622 e. The van der Waals surface area contributed by atoms with Gasteiger partial charge in [0.1, 0.15) is 0 Å². The van der Waals surface area contributed by atoms with Crippen LogP contribution >= 0.6 is 0 Å². The second-order valence-corrected chi connectivity index (χ2v) is 10.9. The molecule has 0 spiro atoms. The fourth-order valence-electron chi connectivity index (χ4n) is 6.41. The van der Waals surface area contributed by atoms with E-state index in [2.05, 4.69) is 170 Å². The van der Waals surface area contributed by atoms with Crippen LogP contribution in [0.25, 0.3) is 76.8 Å². The summed E-state index contributed by atoms with van der Waals surface area (Å²) in [4.78, 5) is 0. The predicted molar refractivity (Wildman–Crippen MR) is 181 cm³/mol. The number of hydrogen-bond donors (Lipinski definition) is 0. The second kappa shape index (κ2) is 10.2. The van der Waals surface area contributed by atoms with Gasteiger partial charge in [0, 0.05) is 0 Å². The van der Waals surface area contributed by atoms with Gasteiger partial charge in [-0.3, -0.25) is 0 Å². The molecule has 0 bridgehead atoms. The fourth-order valence-corrected chi connectivity index (χ4v) is 6.41. The van der Waals surface area contributed by atoms with Crippen molar-refractivity contribution in [1.29, 1.82) is 0 Å². The van der Waals surface area contributed by atoms with Crippen molar-refractivity contribution in [3.8, 4) is 44.5 Å². The van der Waals surface area contributed by atoms with E-state index in [4.69, 9.17) is 0 Å². The maximum Gasteiger partial charge on any atom is -0.00262 e. The molecule has 8 rings (SSSR count). The lowest BCUT2D eigenvalue weighted by atomic mass is 9.85. The largest absolute Gasteiger partial charge is 0.0622 e. The van der Waals surface area contributed by atoms with E-state index in [-0.39, 0.29) is 0 Å². The van der Waals surface area contributed by atoms with Crippen molar-refractivity contribution in [2.45, 2.75) is 0 Å². The number of rotatable bonds is 4. The zero-order chi connectivity index (χ0) is 27.9. The second-order valence-electron chi connectivity index (χ2n) is 10.9. The lowest BCUT2D eigenvalue weighted by molar-refractivity contribution is 1.59. The molecule has 0 fully saturated rings. The minimum atomic E-state index is 1.22. The van der Waals surface area contributed by atoms with Crippen LogP contribution in [0.3, 0.4) is 0 Å². The summed E-state index contributed by atoms with van der Waals surface area (Å²) < 4.78 is 0. The van der Waals surface area contributed by atoms with Crippen molar-refractivity contribution in [3.63, 3.8) is 0 Å². The predicted octanol–water partition coefficient (Wildman–Crippen LogP) is 11.8. The van der Waals surface area contributed by atoms with Gasteiger partial charge in [-0.05, 0) is 82.9 Å². The maximum absolute atomic E-state index is 2.33. The molecule has 0 nitrogen and oxygen atoms in total. The van der Waals surface area contributed by atoms with Gasteiger partial charge >= 0.3 is 0 Å². The molecule has 0 aliphatic rings. The van der Waals surface area contributed by atoms with Crippen LogP contribution in [-0.4, -0.2) is 0 Å². The summed E-state index contributed by atoms with van der Waals surface area (Å²) in [5, 5.41) is 7.64. The normalized spacial score (nSPS) is 11.3. The molecule has 0 aliphatic carbocycles. The first-order valence-corrected chi connectivity index (χ1v) is 14.5. The van der Waals surface area contributed by atoms with Crippen LogP contribution < -0.4 is 0 Å². The average Bonchev–Trinajstić information content (AvgIpc) is 3.07. The summed E-state index contributed by atoms with van der Waals surface area (Å²) in [5.41, 5.74) is 10.00. The van der Waals surface area contributed by atoms with E-state index in [1.165, 1.54) is 76.8 Å². The van der Waals surface area contributed by atoms with Gasteiger partial charge in [0.2, 0.25) is 0 Å². The molecular weight excluding hydrogens is 504 g/mol. The molecule has 0 N–H and O–H groups in total. The molecule has 0 aliphatic heterocycles. The Kier molecular flexibility index (Phi) is 5.90. The van der Waals surface area contributed by atoms with Crippen molar-refractivity contribution in [1.82, 2.24) is 0 Å². The van der Waals surface area contributed by atoms with Crippen LogP contribution in [0.1, 0.15) is 0 Å². The van der Waals surface area contributed by atoms with Crippen molar-refractivity contribution in [2.24, 2.45) is 0 Å². The molecule has 0 saturated heterocycles. The van der Waals surface area contributed by atoms with E-state index >= 15 is 0 Å². The molecule has 0 amide bonds. The van der Waals surface area contributed by atoms with Crippen molar-refractivity contribution < 1.29 is 0 Å². The molecule has 8 aromatic rings. The number of fused-ring (bicyclic) bond motifs is 3. The maximum atomic E-state index is 2.33. The zero-order valence-corrected chi connectivity index (χ0v) is 23.2. The summed E-state index contributed by atoms with van der Waals surface area (Å²) in [6.07, 6.45) is 0. The molecule has 0 heterocycles. The third kappa shape index (κ3) is 4.17. The summed E-state index contributed by atoms with van der Waals surface area (Å²) in [6.45, 7) is 0. The lowest BCUT2D eigenvalue weighted by Gasteiger charge is -2.18. The van der Waals surface area contributed by atoms with E-state index in [1.54, 1.807) is 0 Å². The lowest BCUT2D eigenvalue weighted by Crippen LogP contribution is -1.91. The molecule has 42 heavy (non-hydrogen) atoms. The standard InChI is InChI=1S/C42H28/c1-2-10-29(11-3-1)31-18-20-32(21-19-31)33-22-25-34(26-23-33)41-37-14-6-8-16-39(37)42(40-17-9-7-15-38(40)41)36-27-24-30-12-4-5-13-35(30)28-36/h1-28H. The smallest absolute Gasteiger partial charge is 0.00262 e. The number of hydrogen-bond acceptors (Lipinski definition) is 0. The molecule has 0 radical (unpaired) electrons. The van der Waals surface area contributed by atoms with Gasteiger partial charge in [0.05, 0.1) is 0 Å². The molecule has 0 saturated carbocycles. The van der Waals surface area contributed by atoms with Crippen LogP contribution in [0.5, 0.6) is 0 Å². The molecule has 196 valence electrons. The van der Waals surface area contributed by atoms with E-state index in [9.17, 15) is 0 Å². The van der Waals surface area contributed by atoms with Crippen molar-refractivity contribution >= 4 is 32.3 Å². The average molecular weight is 533 g/mol. The Balaban J connectivity index is 1.26. The first kappa shape index (κ1) is 24.3. The van der Waals surface area contributed by atoms with Crippen LogP contribution in [0.4, 0.5) is 0 Å². The summed E-state index contributed by atoms with van der Waals surface area (Å²) >= 11 is 0. The third-order valence-corrected chi connectivity index (χ3v) is 8.47. The topological polar surface area (TPSA) is 0 Å². The van der Waals surface area contributed by atoms with E-state index in [1.807, 2.05) is 0 Å². The van der Waals surface area contributed by atoms with Gasteiger partial charge in [0.25, 0.3) is 0 Å². The molecule has 0 heteroatoms. The Morgan fingerprint density at radius 3 is 1.10 bits per heavy atom. The quantitative estimate of drug-likeness (QED) is 0.198. The Bertz CT molecular complexity index is 2150. The van der Waals surface area contributed by atoms with Crippen molar-refractivity contribution in [2.75, 3.05) is 0 Å². The fraction of sp³-hybridized carbons (Fsp3) is 0. The van der Waals surface area contributed by atoms with Gasteiger partial charge in [-0.25, -0.2) is 0 Å².